The summed E-state index contributed by atoms with van der Waals surface area (Å²) in [5.41, 5.74) is 6.64. The van der Waals surface area contributed by atoms with Gasteiger partial charge in [0.25, 0.3) is 0 Å². The number of methoxy groups -OCH3 is 10. The van der Waals surface area contributed by atoms with Crippen molar-refractivity contribution in [1.82, 2.24) is 0 Å². The Morgan fingerprint density at radius 1 is 0.419 bits per heavy atom. The number of carbonyl (C=O) groups is 2. The maximum Gasteiger partial charge on any atom is 0.305 e. The van der Waals surface area contributed by atoms with Gasteiger partial charge in [0.15, 0.2) is 46.0 Å². The van der Waals surface area contributed by atoms with Crippen molar-refractivity contribution in [1.29, 1.82) is 0 Å². The van der Waals surface area contributed by atoms with Gasteiger partial charge in [-0.15, -0.1) is 0 Å². The van der Waals surface area contributed by atoms with Gasteiger partial charge in [0.1, 0.15) is 12.1 Å². The molecule has 410 valence electrons. The van der Waals surface area contributed by atoms with Crippen LogP contribution in [-0.4, -0.2) is 145 Å². The summed E-state index contributed by atoms with van der Waals surface area (Å²) in [5.74, 6) is 5.67. The van der Waals surface area contributed by atoms with Gasteiger partial charge in [0.2, 0.25) is 11.5 Å². The molecule has 18 heteroatoms. The van der Waals surface area contributed by atoms with E-state index < -0.39 is 0 Å². The van der Waals surface area contributed by atoms with Crippen LogP contribution >= 0.6 is 0 Å². The van der Waals surface area contributed by atoms with Crippen LogP contribution in [0, 0.1) is 0 Å². The first-order valence-electron chi connectivity index (χ1n) is 24.9. The highest BCUT2D eigenvalue weighted by Crippen LogP contribution is 2.50. The van der Waals surface area contributed by atoms with Crippen LogP contribution in [0.15, 0.2) is 48.5 Å². The number of fused-ring (bicyclic) bond motifs is 2. The van der Waals surface area contributed by atoms with Crippen molar-refractivity contribution >= 4 is 11.9 Å². The number of nitrogens with zero attached hydrogens (tertiary/aromatic N) is 2. The quantitative estimate of drug-likeness (QED) is 0.0491. The zero-order chi connectivity index (χ0) is 52.0. The summed E-state index contributed by atoms with van der Waals surface area (Å²) in [6.45, 7) is 3.86. The van der Waals surface area contributed by atoms with Crippen LogP contribution in [0.2, 0.25) is 0 Å². The summed E-state index contributed by atoms with van der Waals surface area (Å²) in [7, 11) is 20.8. The molecule has 4 aromatic rings. The molecular weight excluding hydrogens is 996 g/mol. The van der Waals surface area contributed by atoms with Crippen LogP contribution in [0.1, 0.15) is 96.8 Å². The summed E-state index contributed by atoms with van der Waals surface area (Å²) in [6.07, 6.45) is 6.72. The zero-order valence-electron chi connectivity index (χ0n) is 45.5. The minimum atomic E-state index is -0.209. The fraction of sp³-hybridized carbons (Fsp3) is 0.536. The summed E-state index contributed by atoms with van der Waals surface area (Å²) >= 11 is 0. The van der Waals surface area contributed by atoms with E-state index >= 15 is 0 Å². The van der Waals surface area contributed by atoms with E-state index in [-0.39, 0.29) is 48.8 Å². The number of halogens is 2. The highest BCUT2D eigenvalue weighted by molar-refractivity contribution is 5.69. The highest BCUT2D eigenvalue weighted by Gasteiger charge is 2.43. The van der Waals surface area contributed by atoms with Crippen LogP contribution < -0.4 is 72.2 Å². The van der Waals surface area contributed by atoms with Gasteiger partial charge in [-0.25, -0.2) is 0 Å². The van der Waals surface area contributed by atoms with Crippen molar-refractivity contribution in [3.05, 3.63) is 81.9 Å². The maximum atomic E-state index is 12.9. The molecule has 4 aromatic carbocycles. The van der Waals surface area contributed by atoms with Gasteiger partial charge in [0, 0.05) is 60.8 Å². The third-order valence-corrected chi connectivity index (χ3v) is 14.6. The van der Waals surface area contributed by atoms with Gasteiger partial charge in [-0.05, 0) is 72.5 Å². The summed E-state index contributed by atoms with van der Waals surface area (Å²) in [6, 6.07) is 16.1. The van der Waals surface area contributed by atoms with Gasteiger partial charge in [-0.1, -0.05) is 12.8 Å². The Kier molecular flexibility index (Phi) is 23.3. The van der Waals surface area contributed by atoms with E-state index in [1.807, 2.05) is 24.3 Å². The number of esters is 2. The number of quaternary nitrogens is 2. The molecule has 0 saturated carbocycles. The summed E-state index contributed by atoms with van der Waals surface area (Å²) < 4.78 is 70.1. The average Bonchev–Trinajstić information content (AvgIpc) is 3.40. The van der Waals surface area contributed by atoms with Crippen LogP contribution in [0.5, 0.6) is 57.5 Å². The van der Waals surface area contributed by atoms with Gasteiger partial charge < -0.3 is 90.6 Å². The second-order valence-electron chi connectivity index (χ2n) is 18.9. The van der Waals surface area contributed by atoms with Crippen LogP contribution in [0.25, 0.3) is 0 Å². The molecule has 2 heterocycles. The molecule has 0 aromatic heterocycles. The maximum absolute atomic E-state index is 12.9. The molecule has 0 bridgehead atoms. The van der Waals surface area contributed by atoms with Crippen LogP contribution in [0.4, 0.5) is 0 Å². The van der Waals surface area contributed by atoms with E-state index in [0.717, 1.165) is 74.1 Å². The predicted octanol–water partition coefficient (Wildman–Crippen LogP) is 2.87. The first-order chi connectivity index (χ1) is 34.8. The SMILES string of the molecule is COc1cc2c(cc1OC)[C@@H](c1cc(OC)c(OC)c(OC)c1)[N@+](C)(CCCOC(=O)CCCCCCC(=O)OCCC[N@+]1(C)CCc3cc(OC)c(OC)cc3[C@H]1c1cc(OC)c(OC)c(OC)c1)CC2.[Cl-].[Cl-]. The highest BCUT2D eigenvalue weighted by atomic mass is 35.5. The lowest BCUT2D eigenvalue weighted by Gasteiger charge is -2.46. The normalized spacial score (nSPS) is 18.4. The second-order valence-corrected chi connectivity index (χ2v) is 18.9. The number of ether oxygens (including phenoxy) is 12. The average molecular weight is 1070 g/mol. The van der Waals surface area contributed by atoms with E-state index in [0.29, 0.717) is 118 Å². The van der Waals surface area contributed by atoms with Crippen molar-refractivity contribution in [2.24, 2.45) is 0 Å². The van der Waals surface area contributed by atoms with Gasteiger partial charge in [-0.2, -0.15) is 0 Å². The van der Waals surface area contributed by atoms with E-state index in [2.05, 4.69) is 38.4 Å². The van der Waals surface area contributed by atoms with E-state index in [9.17, 15) is 9.59 Å². The fourth-order valence-corrected chi connectivity index (χ4v) is 10.8. The zero-order valence-corrected chi connectivity index (χ0v) is 47.0. The molecule has 0 N–H and O–H groups in total. The third kappa shape index (κ3) is 13.8. The third-order valence-electron chi connectivity index (χ3n) is 14.6. The number of hydrogen-bond acceptors (Lipinski definition) is 14. The summed E-state index contributed by atoms with van der Waals surface area (Å²) in [4.78, 5) is 25.8. The van der Waals surface area contributed by atoms with Crippen molar-refractivity contribution in [3.8, 4) is 57.5 Å². The number of unbranched alkanes of at least 4 members (excludes halogenated alkanes) is 3. The standard InChI is InChI=1S/C56H78N2O14.2ClH/c1-57(25-21-37-29-43(61-3)45(63-5)35-41(37)53(57)39-31-47(65-7)55(69-11)48(32-39)66-8)23-17-27-71-51(59)19-15-13-14-16-20-52(60)72-28-18-24-58(2)26-22-38-30-44(62-4)46(64-6)36-42(38)54(58)40-33-49(67-9)56(70-12)50(34-40)68-10;;/h29-36,53-54H,13-28H2,1-12H3;2*1H/q+2;;/p-2/t53-,54-,57-,58-;;/m1../s1. The fourth-order valence-electron chi connectivity index (χ4n) is 10.8. The smallest absolute Gasteiger partial charge is 0.305 e. The number of likely N-dealkylation sites (N-methyl/N-ethyl adjacent to an activating group) is 2. The molecule has 0 spiro atoms. The second kappa shape index (κ2) is 28.3. The lowest BCUT2D eigenvalue weighted by Crippen LogP contribution is -3.00. The van der Waals surface area contributed by atoms with Crippen molar-refractivity contribution in [3.63, 3.8) is 0 Å². The van der Waals surface area contributed by atoms with E-state index in [1.165, 1.54) is 11.1 Å². The Labute approximate surface area is 450 Å². The van der Waals surface area contributed by atoms with Crippen molar-refractivity contribution < 1.29 is 100 Å². The lowest BCUT2D eigenvalue weighted by molar-refractivity contribution is -0.935. The number of carbonyl (C=O) groups excluding carboxylic acids is 2. The molecule has 0 aliphatic carbocycles. The minimum absolute atomic E-state index is 0. The molecule has 0 radical (unpaired) electrons. The molecule has 4 atom stereocenters. The topological polar surface area (TPSA) is 145 Å². The Morgan fingerprint density at radius 3 is 1.03 bits per heavy atom. The molecular formula is C56H78Cl2N2O14. The predicted molar refractivity (Wildman–Crippen MR) is 273 cm³/mol. The van der Waals surface area contributed by atoms with E-state index in [1.54, 1.807) is 71.1 Å². The molecule has 16 nitrogen and oxygen atoms in total. The van der Waals surface area contributed by atoms with Crippen LogP contribution in [-0.2, 0) is 31.9 Å². The van der Waals surface area contributed by atoms with Gasteiger partial charge >= 0.3 is 11.9 Å². The monoisotopic (exact) mass is 1070 g/mol. The van der Waals surface area contributed by atoms with Gasteiger partial charge in [0.05, 0.1) is 125 Å². The van der Waals surface area contributed by atoms with E-state index in [4.69, 9.17) is 56.8 Å². The molecule has 0 fully saturated rings. The molecule has 74 heavy (non-hydrogen) atoms. The largest absolute Gasteiger partial charge is 1.00 e. The first kappa shape index (κ1) is 60.9. The van der Waals surface area contributed by atoms with Gasteiger partial charge in [-0.3, -0.25) is 9.59 Å². The Morgan fingerprint density at radius 2 is 0.730 bits per heavy atom. The molecule has 0 amide bonds. The molecule has 2 aliphatic heterocycles. The molecule has 2 aliphatic rings. The molecule has 0 unspecified atom stereocenters. The Balaban J connectivity index is 0.00000593. The van der Waals surface area contributed by atoms with Crippen molar-refractivity contribution in [2.75, 3.05) is 125 Å². The summed E-state index contributed by atoms with van der Waals surface area (Å²) in [5, 5.41) is 0. The van der Waals surface area contributed by atoms with Crippen molar-refractivity contribution in [2.45, 2.75) is 76.3 Å². The molecule has 6 rings (SSSR count). The minimum Gasteiger partial charge on any atom is -1.00 e. The Bertz CT molecular complexity index is 2270. The lowest BCUT2D eigenvalue weighted by atomic mass is 9.85. The first-order valence-corrected chi connectivity index (χ1v) is 24.9. The number of benzene rings is 4. The number of hydrogen-bond donors (Lipinski definition) is 0. The Hall–Kier alpha value is -5.68. The number of rotatable bonds is 27. The van der Waals surface area contributed by atoms with Crippen LogP contribution in [0.3, 0.4) is 0 Å². The molecule has 0 saturated heterocycles.